The Balaban J connectivity index is 2.73. The summed E-state index contributed by atoms with van der Waals surface area (Å²) in [7, 11) is 0. The Labute approximate surface area is 116 Å². The number of nitrogens with one attached hydrogen (secondary N) is 1. The molecule has 0 spiro atoms. The number of amides is 1. The molecule has 1 rings (SSSR count). The van der Waals surface area contributed by atoms with Crippen LogP contribution in [0.1, 0.15) is 51.8 Å². The van der Waals surface area contributed by atoms with Crippen molar-refractivity contribution in [2.45, 2.75) is 46.1 Å². The molecule has 0 radical (unpaired) electrons. The molecule has 3 heteroatoms. The lowest BCUT2D eigenvalue weighted by molar-refractivity contribution is -0.124. The van der Waals surface area contributed by atoms with E-state index in [9.17, 15) is 4.79 Å². The van der Waals surface area contributed by atoms with Gasteiger partial charge in [0.1, 0.15) is 0 Å². The van der Waals surface area contributed by atoms with Crippen LogP contribution in [0.15, 0.2) is 24.3 Å². The van der Waals surface area contributed by atoms with E-state index in [-0.39, 0.29) is 23.3 Å². The highest BCUT2D eigenvalue weighted by Gasteiger charge is 2.16. The van der Waals surface area contributed by atoms with Gasteiger partial charge in [-0.05, 0) is 23.5 Å². The minimum Gasteiger partial charge on any atom is -0.349 e. The summed E-state index contributed by atoms with van der Waals surface area (Å²) >= 11 is 0. The second-order valence-electron chi connectivity index (χ2n) is 6.24. The second kappa shape index (κ2) is 6.20. The Bertz CT molecular complexity index is 417. The molecule has 0 aliphatic heterocycles. The molecule has 3 N–H and O–H groups in total. The minimum absolute atomic E-state index is 0.00916. The topological polar surface area (TPSA) is 55.1 Å². The standard InChI is InChI=1S/C16H26N2O/c1-11(10-17)15(19)18-12(2)13-6-8-14(9-7-13)16(3,4)5/h6-9,11-12H,10,17H2,1-5H3,(H,18,19). The van der Waals surface area contributed by atoms with E-state index in [1.54, 1.807) is 0 Å². The lowest BCUT2D eigenvalue weighted by Gasteiger charge is -2.21. The molecule has 0 aliphatic rings. The molecule has 0 saturated carbocycles. The molecule has 0 aromatic heterocycles. The number of carbonyl (C=O) groups excluding carboxylic acids is 1. The van der Waals surface area contributed by atoms with Crippen molar-refractivity contribution in [1.29, 1.82) is 0 Å². The van der Waals surface area contributed by atoms with Crippen LogP contribution in [-0.2, 0) is 10.2 Å². The summed E-state index contributed by atoms with van der Waals surface area (Å²) in [5.74, 6) is -0.133. The van der Waals surface area contributed by atoms with Crippen LogP contribution < -0.4 is 11.1 Å². The van der Waals surface area contributed by atoms with E-state index in [1.165, 1.54) is 5.56 Å². The summed E-state index contributed by atoms with van der Waals surface area (Å²) in [5, 5.41) is 2.99. The Hall–Kier alpha value is -1.35. The maximum Gasteiger partial charge on any atom is 0.224 e. The fraction of sp³-hybridized carbons (Fsp3) is 0.562. The number of carbonyl (C=O) groups is 1. The average molecular weight is 262 g/mol. The molecule has 106 valence electrons. The summed E-state index contributed by atoms with van der Waals surface area (Å²) in [5.41, 5.74) is 8.06. The van der Waals surface area contributed by atoms with Crippen molar-refractivity contribution in [3.8, 4) is 0 Å². The van der Waals surface area contributed by atoms with Crippen LogP contribution in [0.3, 0.4) is 0 Å². The van der Waals surface area contributed by atoms with Gasteiger partial charge >= 0.3 is 0 Å². The first-order valence-corrected chi connectivity index (χ1v) is 6.86. The van der Waals surface area contributed by atoms with Gasteiger partial charge in [-0.2, -0.15) is 0 Å². The number of hydrogen-bond acceptors (Lipinski definition) is 2. The molecule has 1 amide bonds. The van der Waals surface area contributed by atoms with E-state index >= 15 is 0 Å². The zero-order valence-corrected chi connectivity index (χ0v) is 12.7. The van der Waals surface area contributed by atoms with Gasteiger partial charge < -0.3 is 11.1 Å². The summed E-state index contributed by atoms with van der Waals surface area (Å²) in [4.78, 5) is 11.8. The molecular weight excluding hydrogens is 236 g/mol. The quantitative estimate of drug-likeness (QED) is 0.876. The Morgan fingerprint density at radius 1 is 1.21 bits per heavy atom. The van der Waals surface area contributed by atoms with Gasteiger partial charge in [0.25, 0.3) is 0 Å². The normalized spacial score (nSPS) is 14.8. The second-order valence-corrected chi connectivity index (χ2v) is 6.24. The van der Waals surface area contributed by atoms with E-state index < -0.39 is 0 Å². The number of nitrogens with two attached hydrogens (primary N) is 1. The monoisotopic (exact) mass is 262 g/mol. The van der Waals surface area contributed by atoms with Crippen molar-refractivity contribution in [3.63, 3.8) is 0 Å². The highest BCUT2D eigenvalue weighted by atomic mass is 16.1. The van der Waals surface area contributed by atoms with Gasteiger partial charge in [0, 0.05) is 12.5 Å². The predicted octanol–water partition coefficient (Wildman–Crippen LogP) is 2.76. The molecule has 0 saturated heterocycles. The van der Waals surface area contributed by atoms with Gasteiger partial charge in [0.05, 0.1) is 6.04 Å². The first kappa shape index (κ1) is 15.7. The highest BCUT2D eigenvalue weighted by molar-refractivity contribution is 5.78. The van der Waals surface area contributed by atoms with Crippen LogP contribution in [0.2, 0.25) is 0 Å². The van der Waals surface area contributed by atoms with E-state index in [1.807, 2.05) is 13.8 Å². The minimum atomic E-state index is -0.142. The molecule has 0 bridgehead atoms. The van der Waals surface area contributed by atoms with E-state index in [2.05, 4.69) is 50.4 Å². The fourth-order valence-electron chi connectivity index (χ4n) is 1.82. The summed E-state index contributed by atoms with van der Waals surface area (Å²) < 4.78 is 0. The number of hydrogen-bond donors (Lipinski definition) is 2. The van der Waals surface area contributed by atoms with Gasteiger partial charge in [-0.15, -0.1) is 0 Å². The summed E-state index contributed by atoms with van der Waals surface area (Å²) in [6, 6.07) is 8.43. The van der Waals surface area contributed by atoms with Crippen molar-refractivity contribution in [3.05, 3.63) is 35.4 Å². The first-order chi connectivity index (χ1) is 8.75. The molecule has 0 heterocycles. The predicted molar refractivity (Wildman–Crippen MR) is 79.9 cm³/mol. The molecule has 3 nitrogen and oxygen atoms in total. The van der Waals surface area contributed by atoms with Crippen LogP contribution in [0.5, 0.6) is 0 Å². The zero-order valence-electron chi connectivity index (χ0n) is 12.7. The van der Waals surface area contributed by atoms with Crippen molar-refractivity contribution >= 4 is 5.91 Å². The smallest absolute Gasteiger partial charge is 0.224 e. The SMILES string of the molecule is CC(CN)C(=O)NC(C)c1ccc(C(C)(C)C)cc1. The third-order valence-electron chi connectivity index (χ3n) is 3.44. The molecule has 0 aliphatic carbocycles. The number of rotatable bonds is 4. The van der Waals surface area contributed by atoms with Gasteiger partial charge in [0.2, 0.25) is 5.91 Å². The number of benzene rings is 1. The third-order valence-corrected chi connectivity index (χ3v) is 3.44. The molecule has 2 atom stereocenters. The van der Waals surface area contributed by atoms with Gasteiger partial charge in [-0.1, -0.05) is 52.0 Å². The Morgan fingerprint density at radius 2 is 1.74 bits per heavy atom. The first-order valence-electron chi connectivity index (χ1n) is 6.86. The summed E-state index contributed by atoms with van der Waals surface area (Å²) in [6.07, 6.45) is 0. The van der Waals surface area contributed by atoms with E-state index in [0.717, 1.165) is 5.56 Å². The Morgan fingerprint density at radius 3 is 2.16 bits per heavy atom. The van der Waals surface area contributed by atoms with Crippen molar-refractivity contribution in [2.24, 2.45) is 11.7 Å². The van der Waals surface area contributed by atoms with Crippen LogP contribution in [0, 0.1) is 5.92 Å². The van der Waals surface area contributed by atoms with E-state index in [0.29, 0.717) is 6.54 Å². The maximum absolute atomic E-state index is 11.8. The fourth-order valence-corrected chi connectivity index (χ4v) is 1.82. The van der Waals surface area contributed by atoms with Gasteiger partial charge in [-0.25, -0.2) is 0 Å². The van der Waals surface area contributed by atoms with Gasteiger partial charge in [0.15, 0.2) is 0 Å². The largest absolute Gasteiger partial charge is 0.349 e. The van der Waals surface area contributed by atoms with E-state index in [4.69, 9.17) is 5.73 Å². The molecule has 1 aromatic rings. The van der Waals surface area contributed by atoms with Crippen LogP contribution in [0.25, 0.3) is 0 Å². The van der Waals surface area contributed by atoms with Crippen LogP contribution >= 0.6 is 0 Å². The Kier molecular flexibility index (Phi) is 5.12. The summed E-state index contributed by atoms with van der Waals surface area (Å²) in [6.45, 7) is 10.8. The van der Waals surface area contributed by atoms with Crippen LogP contribution in [0.4, 0.5) is 0 Å². The molecule has 19 heavy (non-hydrogen) atoms. The third kappa shape index (κ3) is 4.35. The zero-order chi connectivity index (χ0) is 14.6. The van der Waals surface area contributed by atoms with Crippen molar-refractivity contribution in [2.75, 3.05) is 6.54 Å². The molecular formula is C16H26N2O. The van der Waals surface area contributed by atoms with Crippen LogP contribution in [-0.4, -0.2) is 12.5 Å². The highest BCUT2D eigenvalue weighted by Crippen LogP contribution is 2.23. The lowest BCUT2D eigenvalue weighted by Crippen LogP contribution is -2.34. The molecule has 0 fully saturated rings. The van der Waals surface area contributed by atoms with Crippen molar-refractivity contribution in [1.82, 2.24) is 5.32 Å². The average Bonchev–Trinajstić information content (AvgIpc) is 2.36. The van der Waals surface area contributed by atoms with Crippen molar-refractivity contribution < 1.29 is 4.79 Å². The molecule has 2 unspecified atom stereocenters. The lowest BCUT2D eigenvalue weighted by atomic mass is 9.86. The van der Waals surface area contributed by atoms with Gasteiger partial charge in [-0.3, -0.25) is 4.79 Å². The maximum atomic E-state index is 11.8. The molecule has 1 aromatic carbocycles.